The summed E-state index contributed by atoms with van der Waals surface area (Å²) in [5, 5.41) is 0.0859. The molecule has 0 aromatic heterocycles. The minimum atomic E-state index is -1.96. The fourth-order valence-electron chi connectivity index (χ4n) is 1.57. The van der Waals surface area contributed by atoms with Crippen LogP contribution in [0.3, 0.4) is 0 Å². The lowest BCUT2D eigenvalue weighted by molar-refractivity contribution is -0.164. The second-order valence-electron chi connectivity index (χ2n) is 6.37. The summed E-state index contributed by atoms with van der Waals surface area (Å²) in [7, 11) is 2.58. The number of carbonyl (C=O) groups excluding carboxylic acids is 1. The third-order valence-corrected chi connectivity index (χ3v) is 8.39. The summed E-state index contributed by atoms with van der Waals surface area (Å²) < 4.78 is 21.6. The Kier molecular flexibility index (Phi) is 7.94. The monoisotopic (exact) mass is 306 g/mol. The molecule has 20 heavy (non-hydrogen) atoms. The van der Waals surface area contributed by atoms with Crippen molar-refractivity contribution >= 4 is 14.3 Å². The first-order chi connectivity index (χ1) is 9.09. The molecule has 1 atom stereocenters. The maximum absolute atomic E-state index is 11.3. The first-order valence-electron chi connectivity index (χ1n) is 6.89. The van der Waals surface area contributed by atoms with E-state index in [0.717, 1.165) is 0 Å². The maximum Gasteiger partial charge on any atom is 0.305 e. The maximum atomic E-state index is 11.3. The van der Waals surface area contributed by atoms with Gasteiger partial charge in [0.15, 0.2) is 14.6 Å². The molecule has 5 nitrogen and oxygen atoms in total. The average molecular weight is 306 g/mol. The van der Waals surface area contributed by atoms with Crippen molar-refractivity contribution in [2.75, 3.05) is 21.3 Å². The fraction of sp³-hybridized carbons (Fsp3) is 0.929. The minimum Gasteiger partial charge on any atom is -0.469 e. The molecular weight excluding hydrogens is 276 g/mol. The Balaban J connectivity index is 4.89. The molecule has 0 aliphatic heterocycles. The Morgan fingerprint density at radius 1 is 1.10 bits per heavy atom. The summed E-state index contributed by atoms with van der Waals surface area (Å²) in [5.41, 5.74) is 0. The highest BCUT2D eigenvalue weighted by Gasteiger charge is 2.41. The van der Waals surface area contributed by atoms with Crippen LogP contribution in [0.15, 0.2) is 0 Å². The Morgan fingerprint density at radius 3 is 1.95 bits per heavy atom. The SMILES string of the molecule is COC(=O)CCC(O[Si](C)(C)C(C)(C)C)C(OC)OC. The van der Waals surface area contributed by atoms with Crippen LogP contribution < -0.4 is 0 Å². The standard InChI is InChI=1S/C14H30O5Si/c1-14(2,3)20(7,8)19-11(13(17-5)18-6)9-10-12(15)16-4/h11,13H,9-10H2,1-8H3. The predicted octanol–water partition coefficient (Wildman–Crippen LogP) is 2.95. The van der Waals surface area contributed by atoms with E-state index in [1.807, 2.05) is 0 Å². The highest BCUT2D eigenvalue weighted by molar-refractivity contribution is 6.74. The van der Waals surface area contributed by atoms with Crippen molar-refractivity contribution in [2.45, 2.75) is 64.1 Å². The number of esters is 1. The molecule has 0 aliphatic carbocycles. The smallest absolute Gasteiger partial charge is 0.305 e. The zero-order chi connectivity index (χ0) is 16.0. The molecule has 6 heteroatoms. The van der Waals surface area contributed by atoms with E-state index >= 15 is 0 Å². The van der Waals surface area contributed by atoms with Gasteiger partial charge in [0.2, 0.25) is 0 Å². The third-order valence-electron chi connectivity index (χ3n) is 3.88. The molecule has 120 valence electrons. The van der Waals surface area contributed by atoms with Crippen LogP contribution >= 0.6 is 0 Å². The van der Waals surface area contributed by atoms with Crippen LogP contribution in [0.1, 0.15) is 33.6 Å². The summed E-state index contributed by atoms with van der Waals surface area (Å²) >= 11 is 0. The molecule has 0 aromatic carbocycles. The Labute approximate surface area is 124 Å². The van der Waals surface area contributed by atoms with Crippen LogP contribution in [0, 0.1) is 0 Å². The van der Waals surface area contributed by atoms with E-state index in [2.05, 4.69) is 38.6 Å². The number of hydrogen-bond donors (Lipinski definition) is 0. The van der Waals surface area contributed by atoms with Crippen LogP contribution in [0.25, 0.3) is 0 Å². The van der Waals surface area contributed by atoms with Crippen molar-refractivity contribution in [3.8, 4) is 0 Å². The Hall–Kier alpha value is -0.433. The first kappa shape index (κ1) is 19.6. The number of ether oxygens (including phenoxy) is 3. The lowest BCUT2D eigenvalue weighted by atomic mass is 10.2. The molecule has 0 saturated heterocycles. The van der Waals surface area contributed by atoms with Gasteiger partial charge in [-0.25, -0.2) is 0 Å². The van der Waals surface area contributed by atoms with Crippen molar-refractivity contribution in [1.29, 1.82) is 0 Å². The van der Waals surface area contributed by atoms with Crippen molar-refractivity contribution in [2.24, 2.45) is 0 Å². The van der Waals surface area contributed by atoms with Crippen molar-refractivity contribution in [3.05, 3.63) is 0 Å². The van der Waals surface area contributed by atoms with E-state index in [1.165, 1.54) is 7.11 Å². The zero-order valence-corrected chi connectivity index (χ0v) is 15.1. The van der Waals surface area contributed by atoms with Gasteiger partial charge in [0.05, 0.1) is 13.2 Å². The summed E-state index contributed by atoms with van der Waals surface area (Å²) in [6.07, 6.45) is 0.0589. The van der Waals surface area contributed by atoms with Crippen molar-refractivity contribution < 1.29 is 23.4 Å². The molecule has 0 aliphatic rings. The van der Waals surface area contributed by atoms with E-state index in [1.54, 1.807) is 14.2 Å². The van der Waals surface area contributed by atoms with Crippen LogP contribution in [0.4, 0.5) is 0 Å². The van der Waals surface area contributed by atoms with Gasteiger partial charge in [0, 0.05) is 20.6 Å². The van der Waals surface area contributed by atoms with Crippen LogP contribution in [0.5, 0.6) is 0 Å². The van der Waals surface area contributed by atoms with E-state index in [4.69, 9.17) is 13.9 Å². The summed E-state index contributed by atoms with van der Waals surface area (Å²) in [5.74, 6) is -0.250. The molecule has 0 aromatic rings. The topological polar surface area (TPSA) is 54.0 Å². The van der Waals surface area contributed by atoms with Gasteiger partial charge in [0.1, 0.15) is 0 Å². The Morgan fingerprint density at radius 2 is 1.60 bits per heavy atom. The molecule has 1 unspecified atom stereocenters. The van der Waals surface area contributed by atoms with E-state index in [-0.39, 0.29) is 17.1 Å². The number of rotatable bonds is 8. The molecule has 0 N–H and O–H groups in total. The van der Waals surface area contributed by atoms with Crippen LogP contribution in [-0.2, 0) is 23.4 Å². The first-order valence-corrected chi connectivity index (χ1v) is 9.80. The molecule has 0 radical (unpaired) electrons. The van der Waals surface area contributed by atoms with E-state index in [9.17, 15) is 4.79 Å². The van der Waals surface area contributed by atoms with Gasteiger partial charge in [-0.3, -0.25) is 4.79 Å². The van der Waals surface area contributed by atoms with Crippen LogP contribution in [0.2, 0.25) is 18.1 Å². The predicted molar refractivity (Wildman–Crippen MR) is 81.1 cm³/mol. The molecule has 0 saturated carbocycles. The molecule has 0 bridgehead atoms. The highest BCUT2D eigenvalue weighted by Crippen LogP contribution is 2.38. The fourth-order valence-corrected chi connectivity index (χ4v) is 2.91. The van der Waals surface area contributed by atoms with E-state index in [0.29, 0.717) is 12.8 Å². The number of methoxy groups -OCH3 is 3. The molecule has 0 heterocycles. The second-order valence-corrected chi connectivity index (χ2v) is 11.1. The van der Waals surface area contributed by atoms with Gasteiger partial charge in [-0.2, -0.15) is 0 Å². The second kappa shape index (κ2) is 8.12. The number of hydrogen-bond acceptors (Lipinski definition) is 5. The average Bonchev–Trinajstić information content (AvgIpc) is 2.34. The quantitative estimate of drug-likeness (QED) is 0.392. The third kappa shape index (κ3) is 5.91. The summed E-state index contributed by atoms with van der Waals surface area (Å²) in [6, 6.07) is 0. The summed E-state index contributed by atoms with van der Waals surface area (Å²) in [6.45, 7) is 10.8. The molecule has 0 rings (SSSR count). The van der Waals surface area contributed by atoms with Crippen LogP contribution in [-0.4, -0.2) is 48.0 Å². The van der Waals surface area contributed by atoms with Gasteiger partial charge in [-0.05, 0) is 24.6 Å². The lowest BCUT2D eigenvalue weighted by Crippen LogP contribution is -2.48. The van der Waals surface area contributed by atoms with E-state index < -0.39 is 14.6 Å². The highest BCUT2D eigenvalue weighted by atomic mass is 28.4. The van der Waals surface area contributed by atoms with Gasteiger partial charge in [-0.15, -0.1) is 0 Å². The van der Waals surface area contributed by atoms with Gasteiger partial charge < -0.3 is 18.6 Å². The Bertz CT molecular complexity index is 294. The molecule has 0 fully saturated rings. The summed E-state index contributed by atoms with van der Waals surface area (Å²) in [4.78, 5) is 11.3. The molecule has 0 spiro atoms. The lowest BCUT2D eigenvalue weighted by Gasteiger charge is -2.40. The minimum absolute atomic E-state index is 0.0859. The van der Waals surface area contributed by atoms with Gasteiger partial charge in [-0.1, -0.05) is 20.8 Å². The largest absolute Gasteiger partial charge is 0.469 e. The van der Waals surface area contributed by atoms with Crippen molar-refractivity contribution in [1.82, 2.24) is 0 Å². The zero-order valence-electron chi connectivity index (χ0n) is 14.1. The number of carbonyl (C=O) groups is 1. The molecular formula is C14H30O5Si. The van der Waals surface area contributed by atoms with Gasteiger partial charge in [0.25, 0.3) is 0 Å². The normalized spacial score (nSPS) is 14.4. The molecule has 0 amide bonds. The van der Waals surface area contributed by atoms with Gasteiger partial charge >= 0.3 is 5.97 Å². The van der Waals surface area contributed by atoms with Crippen molar-refractivity contribution in [3.63, 3.8) is 0 Å².